The van der Waals surface area contributed by atoms with E-state index in [1.54, 1.807) is 0 Å². The van der Waals surface area contributed by atoms with E-state index in [9.17, 15) is 0 Å². The third kappa shape index (κ3) is 3.36. The summed E-state index contributed by atoms with van der Waals surface area (Å²) >= 11 is 0. The first-order valence-electron chi connectivity index (χ1n) is 10.1. The van der Waals surface area contributed by atoms with E-state index in [1.807, 2.05) is 58.4 Å². The lowest BCUT2D eigenvalue weighted by molar-refractivity contribution is 0.503. The summed E-state index contributed by atoms with van der Waals surface area (Å²) in [6, 6.07) is 8.30. The van der Waals surface area contributed by atoms with Gasteiger partial charge >= 0.3 is 0 Å². The molecule has 0 aliphatic carbocycles. The van der Waals surface area contributed by atoms with Crippen LogP contribution in [0.1, 0.15) is 19.8 Å². The van der Waals surface area contributed by atoms with Gasteiger partial charge in [0.2, 0.25) is 0 Å². The molecule has 148 valence electrons. The molecule has 8 heteroatoms. The molecule has 0 radical (unpaired) electrons. The highest BCUT2D eigenvalue weighted by Crippen LogP contribution is 2.24. The Hall–Kier alpha value is -3.26. The Kier molecular flexibility index (Phi) is 4.48. The summed E-state index contributed by atoms with van der Waals surface area (Å²) in [4.78, 5) is 11.7. The third-order valence-electron chi connectivity index (χ3n) is 5.42. The first-order chi connectivity index (χ1) is 14.2. The normalized spacial score (nSPS) is 17.2. The zero-order chi connectivity index (χ0) is 19.8. The zero-order valence-electron chi connectivity index (χ0n) is 16.4. The number of rotatable bonds is 4. The largest absolute Gasteiger partial charge is 0.355 e. The lowest BCUT2D eigenvalue weighted by Crippen LogP contribution is -2.43. The van der Waals surface area contributed by atoms with Crippen LogP contribution in [0.2, 0.25) is 0 Å². The molecule has 0 spiro atoms. The number of hydrogen-bond acceptors (Lipinski definition) is 6. The van der Waals surface area contributed by atoms with E-state index in [1.165, 1.54) is 0 Å². The minimum Gasteiger partial charge on any atom is -0.355 e. The molecule has 29 heavy (non-hydrogen) atoms. The van der Waals surface area contributed by atoms with Gasteiger partial charge < -0.3 is 10.6 Å². The summed E-state index contributed by atoms with van der Waals surface area (Å²) in [5.41, 5.74) is 8.99. The van der Waals surface area contributed by atoms with Gasteiger partial charge in [0, 0.05) is 49.0 Å². The van der Waals surface area contributed by atoms with Crippen LogP contribution >= 0.6 is 0 Å². The quantitative estimate of drug-likeness (QED) is 0.578. The minimum atomic E-state index is 0.206. The number of aryl methyl sites for hydroxylation is 1. The van der Waals surface area contributed by atoms with Crippen LogP contribution in [0.5, 0.6) is 0 Å². The van der Waals surface area contributed by atoms with Crippen molar-refractivity contribution in [2.24, 2.45) is 5.73 Å². The second-order valence-corrected chi connectivity index (χ2v) is 7.47. The fourth-order valence-electron chi connectivity index (χ4n) is 3.85. The predicted molar refractivity (Wildman–Crippen MR) is 113 cm³/mol. The maximum atomic E-state index is 6.15. The highest BCUT2D eigenvalue weighted by molar-refractivity contribution is 5.83. The maximum Gasteiger partial charge on any atom is 0.156 e. The zero-order valence-corrected chi connectivity index (χ0v) is 16.4. The molecule has 1 saturated heterocycles. The van der Waals surface area contributed by atoms with E-state index in [2.05, 4.69) is 27.0 Å². The average Bonchev–Trinajstić information content (AvgIpc) is 3.40. The summed E-state index contributed by atoms with van der Waals surface area (Å²) in [7, 11) is 0. The molecule has 1 fully saturated rings. The van der Waals surface area contributed by atoms with Crippen molar-refractivity contribution < 1.29 is 0 Å². The molecule has 0 saturated carbocycles. The molecule has 1 aliphatic rings. The summed E-state index contributed by atoms with van der Waals surface area (Å²) < 4.78 is 3.77. The van der Waals surface area contributed by atoms with Crippen LogP contribution < -0.4 is 10.6 Å². The van der Waals surface area contributed by atoms with E-state index in [4.69, 9.17) is 10.7 Å². The van der Waals surface area contributed by atoms with E-state index in [0.29, 0.717) is 0 Å². The Bertz CT molecular complexity index is 1140. The molecule has 0 amide bonds. The number of anilines is 1. The van der Waals surface area contributed by atoms with E-state index >= 15 is 0 Å². The maximum absolute atomic E-state index is 6.15. The molecule has 5 heterocycles. The Balaban J connectivity index is 1.53. The highest BCUT2D eigenvalue weighted by atomic mass is 15.3. The summed E-state index contributed by atoms with van der Waals surface area (Å²) in [5.74, 6) is 1.73. The van der Waals surface area contributed by atoms with E-state index < -0.39 is 0 Å². The van der Waals surface area contributed by atoms with Gasteiger partial charge in [0.15, 0.2) is 5.82 Å². The smallest absolute Gasteiger partial charge is 0.156 e. The Labute approximate surface area is 169 Å². The second kappa shape index (κ2) is 7.29. The van der Waals surface area contributed by atoms with Crippen LogP contribution in [0.3, 0.4) is 0 Å². The molecule has 0 bridgehead atoms. The van der Waals surface area contributed by atoms with Crippen LogP contribution in [-0.4, -0.2) is 48.7 Å². The fourth-order valence-corrected chi connectivity index (χ4v) is 3.85. The molecular weight excluding hydrogens is 364 g/mol. The Morgan fingerprint density at radius 3 is 2.86 bits per heavy atom. The number of pyridine rings is 2. The summed E-state index contributed by atoms with van der Waals surface area (Å²) in [5, 5.41) is 9.90. The first-order valence-corrected chi connectivity index (χ1v) is 10.1. The third-order valence-corrected chi connectivity index (χ3v) is 5.42. The Morgan fingerprint density at radius 2 is 2.03 bits per heavy atom. The molecule has 8 nitrogen and oxygen atoms in total. The first kappa shape index (κ1) is 17.8. The molecular formula is C21H24N8. The SMILES string of the molecule is CCn1cc(-c2cc3c(cn2)cnn3-c2cccc(N3CCC[C@H](N)C3)n2)cn1. The van der Waals surface area contributed by atoms with Crippen LogP contribution in [0, 0.1) is 0 Å². The number of hydrogen-bond donors (Lipinski definition) is 1. The molecule has 4 aromatic rings. The van der Waals surface area contributed by atoms with Gasteiger partial charge in [0.25, 0.3) is 0 Å². The molecule has 0 unspecified atom stereocenters. The number of nitrogens with two attached hydrogens (primary N) is 1. The van der Waals surface area contributed by atoms with Gasteiger partial charge in [-0.25, -0.2) is 9.67 Å². The monoisotopic (exact) mass is 388 g/mol. The van der Waals surface area contributed by atoms with Crippen molar-refractivity contribution in [2.75, 3.05) is 18.0 Å². The number of piperidine rings is 1. The summed E-state index contributed by atoms with van der Waals surface area (Å²) in [6.45, 7) is 4.72. The van der Waals surface area contributed by atoms with Crippen LogP contribution in [-0.2, 0) is 6.54 Å². The average molecular weight is 388 g/mol. The van der Waals surface area contributed by atoms with Crippen LogP contribution in [0.25, 0.3) is 28.0 Å². The lowest BCUT2D eigenvalue weighted by Gasteiger charge is -2.31. The molecule has 4 aromatic heterocycles. The van der Waals surface area contributed by atoms with Crippen molar-refractivity contribution in [1.29, 1.82) is 0 Å². The molecule has 1 aliphatic heterocycles. The van der Waals surface area contributed by atoms with Gasteiger partial charge in [-0.05, 0) is 38.0 Å². The van der Waals surface area contributed by atoms with E-state index in [-0.39, 0.29) is 6.04 Å². The van der Waals surface area contributed by atoms with Gasteiger partial charge in [-0.15, -0.1) is 0 Å². The van der Waals surface area contributed by atoms with Crippen molar-refractivity contribution in [3.8, 4) is 17.1 Å². The van der Waals surface area contributed by atoms with Gasteiger partial charge in [0.05, 0.1) is 23.6 Å². The van der Waals surface area contributed by atoms with Gasteiger partial charge in [-0.2, -0.15) is 10.2 Å². The predicted octanol–water partition coefficient (Wildman–Crippen LogP) is 2.63. The molecule has 5 rings (SSSR count). The number of aromatic nitrogens is 6. The van der Waals surface area contributed by atoms with Crippen molar-refractivity contribution in [1.82, 2.24) is 29.5 Å². The number of nitrogens with zero attached hydrogens (tertiary/aromatic N) is 7. The highest BCUT2D eigenvalue weighted by Gasteiger charge is 2.18. The van der Waals surface area contributed by atoms with Crippen molar-refractivity contribution in [3.05, 3.63) is 49.1 Å². The van der Waals surface area contributed by atoms with Crippen LogP contribution in [0.15, 0.2) is 49.1 Å². The van der Waals surface area contributed by atoms with Gasteiger partial charge in [0.1, 0.15) is 5.82 Å². The van der Waals surface area contributed by atoms with Gasteiger partial charge in [-0.1, -0.05) is 6.07 Å². The summed E-state index contributed by atoms with van der Waals surface area (Å²) in [6.07, 6.45) is 9.70. The minimum absolute atomic E-state index is 0.206. The van der Waals surface area contributed by atoms with E-state index in [0.717, 1.165) is 66.3 Å². The molecule has 0 aromatic carbocycles. The van der Waals surface area contributed by atoms with Crippen molar-refractivity contribution in [3.63, 3.8) is 0 Å². The van der Waals surface area contributed by atoms with Crippen LogP contribution in [0.4, 0.5) is 5.82 Å². The van der Waals surface area contributed by atoms with Crippen molar-refractivity contribution >= 4 is 16.7 Å². The topological polar surface area (TPSA) is 90.7 Å². The standard InChI is InChI=1S/C21H24N8/c1-2-28-13-16(12-24-28)18-9-19-15(10-23-18)11-25-29(19)21-7-3-6-20(26-21)27-8-4-5-17(22)14-27/h3,6-7,9-13,17H,2,4-5,8,14,22H2,1H3/t17-/m0/s1. The Morgan fingerprint density at radius 1 is 1.14 bits per heavy atom. The van der Waals surface area contributed by atoms with Crippen molar-refractivity contribution in [2.45, 2.75) is 32.4 Å². The lowest BCUT2D eigenvalue weighted by atomic mass is 10.1. The second-order valence-electron chi connectivity index (χ2n) is 7.47. The van der Waals surface area contributed by atoms with Gasteiger partial charge in [-0.3, -0.25) is 9.67 Å². The molecule has 1 atom stereocenters. The molecule has 2 N–H and O–H groups in total. The fraction of sp³-hybridized carbons (Fsp3) is 0.333. The number of fused-ring (bicyclic) bond motifs is 1.